The molecule has 1 aliphatic carbocycles. The standard InChI is InChI=1S/C21H32N2O/c1-15(2)12-18-19(21(18,3)4)20(24)22-14-17(23(5)6)13-16-10-8-7-9-11-16/h7-12,17-19H,13-14H2,1-6H3,(H,22,24). The third-order valence-corrected chi connectivity index (χ3v) is 5.26. The average molecular weight is 329 g/mol. The molecular formula is C21H32N2O. The van der Waals surface area contributed by atoms with Crippen molar-refractivity contribution in [2.24, 2.45) is 17.3 Å². The molecule has 1 N–H and O–H groups in total. The maximum atomic E-state index is 12.6. The van der Waals surface area contributed by atoms with E-state index in [1.54, 1.807) is 0 Å². The van der Waals surface area contributed by atoms with Gasteiger partial charge in [-0.25, -0.2) is 0 Å². The van der Waals surface area contributed by atoms with Crippen LogP contribution in [0.15, 0.2) is 42.0 Å². The van der Waals surface area contributed by atoms with E-state index in [1.807, 2.05) is 6.07 Å². The summed E-state index contributed by atoms with van der Waals surface area (Å²) in [4.78, 5) is 14.8. The Kier molecular flexibility index (Phi) is 5.87. The minimum Gasteiger partial charge on any atom is -0.354 e. The Morgan fingerprint density at radius 1 is 1.25 bits per heavy atom. The van der Waals surface area contributed by atoms with Crippen LogP contribution >= 0.6 is 0 Å². The second-order valence-electron chi connectivity index (χ2n) is 8.12. The van der Waals surface area contributed by atoms with E-state index in [1.165, 1.54) is 11.1 Å². The van der Waals surface area contributed by atoms with Crippen molar-refractivity contribution in [3.05, 3.63) is 47.5 Å². The van der Waals surface area contributed by atoms with Gasteiger partial charge in [-0.2, -0.15) is 0 Å². The molecular weight excluding hydrogens is 296 g/mol. The molecule has 0 radical (unpaired) electrons. The number of amides is 1. The largest absolute Gasteiger partial charge is 0.354 e. The number of nitrogens with zero attached hydrogens (tertiary/aromatic N) is 1. The molecule has 24 heavy (non-hydrogen) atoms. The molecule has 3 nitrogen and oxygen atoms in total. The van der Waals surface area contributed by atoms with Crippen molar-refractivity contribution in [1.82, 2.24) is 10.2 Å². The van der Waals surface area contributed by atoms with E-state index in [0.717, 1.165) is 6.42 Å². The van der Waals surface area contributed by atoms with E-state index >= 15 is 0 Å². The molecule has 0 aliphatic heterocycles. The molecule has 1 fully saturated rings. The number of benzene rings is 1. The molecule has 2 rings (SSSR count). The highest BCUT2D eigenvalue weighted by Gasteiger charge is 2.60. The number of hydrogen-bond acceptors (Lipinski definition) is 2. The van der Waals surface area contributed by atoms with Crippen molar-refractivity contribution < 1.29 is 4.79 Å². The smallest absolute Gasteiger partial charge is 0.224 e. The predicted molar refractivity (Wildman–Crippen MR) is 101 cm³/mol. The molecule has 1 aromatic carbocycles. The summed E-state index contributed by atoms with van der Waals surface area (Å²) in [6.45, 7) is 9.27. The van der Waals surface area contributed by atoms with Crippen LogP contribution in [-0.2, 0) is 11.2 Å². The summed E-state index contributed by atoms with van der Waals surface area (Å²) in [5.74, 6) is 0.670. The molecule has 0 heterocycles. The van der Waals surface area contributed by atoms with Crippen LogP contribution in [0.25, 0.3) is 0 Å². The molecule has 1 amide bonds. The minimum atomic E-state index is 0.0778. The van der Waals surface area contributed by atoms with Gasteiger partial charge in [0, 0.05) is 12.6 Å². The SMILES string of the molecule is CC(C)=CC1C(C(=O)NCC(Cc2ccccc2)N(C)C)C1(C)C. The lowest BCUT2D eigenvalue weighted by atomic mass is 10.0. The van der Waals surface area contributed by atoms with Gasteiger partial charge in [0.1, 0.15) is 0 Å². The predicted octanol–water partition coefficient (Wildman–Crippen LogP) is 3.51. The van der Waals surface area contributed by atoms with Crippen molar-refractivity contribution in [1.29, 1.82) is 0 Å². The van der Waals surface area contributed by atoms with Gasteiger partial charge in [0.15, 0.2) is 0 Å². The van der Waals surface area contributed by atoms with Gasteiger partial charge in [-0.3, -0.25) is 4.79 Å². The Bertz CT molecular complexity index is 585. The van der Waals surface area contributed by atoms with Gasteiger partial charge >= 0.3 is 0 Å². The fourth-order valence-corrected chi connectivity index (χ4v) is 3.50. The number of nitrogens with one attached hydrogen (secondary N) is 1. The molecule has 0 bridgehead atoms. The summed E-state index contributed by atoms with van der Waals surface area (Å²) in [5, 5.41) is 3.20. The van der Waals surface area contributed by atoms with Gasteiger partial charge in [0.25, 0.3) is 0 Å². The Balaban J connectivity index is 1.93. The number of carbonyl (C=O) groups is 1. The van der Waals surface area contributed by atoms with Gasteiger partial charge < -0.3 is 10.2 Å². The zero-order valence-electron chi connectivity index (χ0n) is 16.0. The van der Waals surface area contributed by atoms with Crippen molar-refractivity contribution in [3.63, 3.8) is 0 Å². The average Bonchev–Trinajstić information content (AvgIpc) is 3.03. The molecule has 1 saturated carbocycles. The highest BCUT2D eigenvalue weighted by Crippen LogP contribution is 2.59. The summed E-state index contributed by atoms with van der Waals surface area (Å²) in [7, 11) is 4.15. The third kappa shape index (κ3) is 4.47. The van der Waals surface area contributed by atoms with Crippen molar-refractivity contribution >= 4 is 5.91 Å². The number of allylic oxidation sites excluding steroid dienone is 2. The molecule has 0 spiro atoms. The van der Waals surface area contributed by atoms with E-state index in [4.69, 9.17) is 0 Å². The Morgan fingerprint density at radius 3 is 2.42 bits per heavy atom. The summed E-state index contributed by atoms with van der Waals surface area (Å²) in [6, 6.07) is 10.8. The normalized spacial score (nSPS) is 22.8. The number of rotatable bonds is 7. The quantitative estimate of drug-likeness (QED) is 0.777. The van der Waals surface area contributed by atoms with Crippen LogP contribution in [0.4, 0.5) is 0 Å². The lowest BCUT2D eigenvalue weighted by molar-refractivity contribution is -0.123. The van der Waals surface area contributed by atoms with Crippen LogP contribution in [-0.4, -0.2) is 37.5 Å². The Labute approximate surface area is 147 Å². The minimum absolute atomic E-state index is 0.0778. The summed E-state index contributed by atoms with van der Waals surface area (Å²) in [6.07, 6.45) is 3.19. The van der Waals surface area contributed by atoms with Gasteiger partial charge in [0.2, 0.25) is 5.91 Å². The Hall–Kier alpha value is -1.61. The lowest BCUT2D eigenvalue weighted by Gasteiger charge is -2.25. The first-order valence-electron chi connectivity index (χ1n) is 8.86. The molecule has 3 unspecified atom stereocenters. The van der Waals surface area contributed by atoms with Gasteiger partial charge in [-0.1, -0.05) is 55.8 Å². The molecule has 3 heteroatoms. The second-order valence-corrected chi connectivity index (χ2v) is 8.12. The van der Waals surface area contributed by atoms with Crippen LogP contribution in [0, 0.1) is 17.3 Å². The van der Waals surface area contributed by atoms with Crippen molar-refractivity contribution in [3.8, 4) is 0 Å². The highest BCUT2D eigenvalue weighted by atomic mass is 16.2. The first kappa shape index (κ1) is 18.7. The monoisotopic (exact) mass is 328 g/mol. The molecule has 1 aliphatic rings. The van der Waals surface area contributed by atoms with E-state index in [-0.39, 0.29) is 17.2 Å². The summed E-state index contributed by atoms with van der Waals surface area (Å²) >= 11 is 0. The van der Waals surface area contributed by atoms with E-state index in [0.29, 0.717) is 18.5 Å². The zero-order chi connectivity index (χ0) is 17.9. The molecule has 0 saturated heterocycles. The highest BCUT2D eigenvalue weighted by molar-refractivity contribution is 5.83. The van der Waals surface area contributed by atoms with Gasteiger partial charge in [0.05, 0.1) is 5.92 Å². The molecule has 0 aromatic heterocycles. The topological polar surface area (TPSA) is 32.3 Å². The number of carbonyl (C=O) groups excluding carboxylic acids is 1. The van der Waals surface area contributed by atoms with Gasteiger partial charge in [-0.05, 0) is 51.3 Å². The Morgan fingerprint density at radius 2 is 1.88 bits per heavy atom. The van der Waals surface area contributed by atoms with E-state index in [2.05, 4.69) is 82.3 Å². The molecule has 1 aromatic rings. The van der Waals surface area contributed by atoms with Crippen LogP contribution in [0.5, 0.6) is 0 Å². The first-order chi connectivity index (χ1) is 11.2. The van der Waals surface area contributed by atoms with Crippen LogP contribution < -0.4 is 5.32 Å². The van der Waals surface area contributed by atoms with Crippen LogP contribution in [0.1, 0.15) is 33.3 Å². The van der Waals surface area contributed by atoms with Crippen molar-refractivity contribution in [2.45, 2.75) is 40.2 Å². The second kappa shape index (κ2) is 7.52. The number of hydrogen-bond donors (Lipinski definition) is 1. The zero-order valence-corrected chi connectivity index (χ0v) is 16.0. The van der Waals surface area contributed by atoms with E-state index in [9.17, 15) is 4.79 Å². The molecule has 3 atom stereocenters. The van der Waals surface area contributed by atoms with Crippen molar-refractivity contribution in [2.75, 3.05) is 20.6 Å². The first-order valence-corrected chi connectivity index (χ1v) is 8.86. The molecule has 132 valence electrons. The number of likely N-dealkylation sites (N-methyl/N-ethyl adjacent to an activating group) is 1. The summed E-state index contributed by atoms with van der Waals surface area (Å²) < 4.78 is 0. The van der Waals surface area contributed by atoms with E-state index < -0.39 is 0 Å². The lowest BCUT2D eigenvalue weighted by Crippen LogP contribution is -2.42. The fraction of sp³-hybridized carbons (Fsp3) is 0.571. The third-order valence-electron chi connectivity index (χ3n) is 5.26. The maximum Gasteiger partial charge on any atom is 0.224 e. The maximum absolute atomic E-state index is 12.6. The fourth-order valence-electron chi connectivity index (χ4n) is 3.50. The van der Waals surface area contributed by atoms with Crippen LogP contribution in [0.2, 0.25) is 0 Å². The van der Waals surface area contributed by atoms with Gasteiger partial charge in [-0.15, -0.1) is 0 Å². The summed E-state index contributed by atoms with van der Waals surface area (Å²) in [5.41, 5.74) is 2.67. The van der Waals surface area contributed by atoms with Crippen LogP contribution in [0.3, 0.4) is 0 Å².